The summed E-state index contributed by atoms with van der Waals surface area (Å²) in [4.78, 5) is 23.9. The lowest BCUT2D eigenvalue weighted by Gasteiger charge is -2.10. The van der Waals surface area contributed by atoms with Crippen LogP contribution in [0.15, 0.2) is 42.5 Å². The molecule has 26 heavy (non-hydrogen) atoms. The summed E-state index contributed by atoms with van der Waals surface area (Å²) in [5.74, 6) is -0.0399. The molecule has 138 valence electrons. The van der Waals surface area contributed by atoms with Crippen LogP contribution in [0.25, 0.3) is 0 Å². The molecule has 0 heterocycles. The zero-order valence-corrected chi connectivity index (χ0v) is 15.9. The van der Waals surface area contributed by atoms with E-state index >= 15 is 0 Å². The lowest BCUT2D eigenvalue weighted by Crippen LogP contribution is -2.21. The topological polar surface area (TPSA) is 64.6 Å². The number of hydrogen-bond acceptors (Lipinski definition) is 4. The molecule has 1 amide bonds. The third-order valence-electron chi connectivity index (χ3n) is 3.23. The number of anilines is 1. The molecule has 0 aliphatic carbocycles. The van der Waals surface area contributed by atoms with E-state index in [-0.39, 0.29) is 5.02 Å². The summed E-state index contributed by atoms with van der Waals surface area (Å²) in [6, 6.07) is 11.4. The predicted molar refractivity (Wildman–Crippen MR) is 102 cm³/mol. The molecule has 2 rings (SSSR count). The Hall–Kier alpha value is -2.24. The smallest absolute Gasteiger partial charge is 0.338 e. The van der Waals surface area contributed by atoms with E-state index < -0.39 is 18.5 Å². The number of ether oxygens (including phenoxy) is 2. The molecule has 0 bridgehead atoms. The summed E-state index contributed by atoms with van der Waals surface area (Å²) in [5, 5.41) is 3.09. The van der Waals surface area contributed by atoms with Gasteiger partial charge < -0.3 is 14.8 Å². The number of rotatable bonds is 7. The van der Waals surface area contributed by atoms with Crippen molar-refractivity contribution in [2.75, 3.05) is 18.5 Å². The second kappa shape index (κ2) is 9.46. The van der Waals surface area contributed by atoms with Crippen LogP contribution in [0.4, 0.5) is 5.69 Å². The first-order chi connectivity index (χ1) is 12.4. The van der Waals surface area contributed by atoms with Crippen molar-refractivity contribution in [1.29, 1.82) is 0 Å². The summed E-state index contributed by atoms with van der Waals surface area (Å²) in [6.07, 6.45) is 0. The molecule has 0 saturated carbocycles. The molecule has 0 fully saturated rings. The Labute approximate surface area is 162 Å². The van der Waals surface area contributed by atoms with Crippen molar-refractivity contribution in [3.8, 4) is 5.75 Å². The van der Waals surface area contributed by atoms with Crippen LogP contribution in [-0.4, -0.2) is 25.1 Å². The van der Waals surface area contributed by atoms with Gasteiger partial charge in [-0.2, -0.15) is 0 Å². The molecule has 0 aliphatic heterocycles. The molecule has 0 aliphatic rings. The van der Waals surface area contributed by atoms with Crippen LogP contribution in [0.5, 0.6) is 5.75 Å². The number of esters is 1. The fraction of sp³-hybridized carbons (Fsp3) is 0.263. The molecular weight excluding hydrogens is 377 g/mol. The Morgan fingerprint density at radius 1 is 1.08 bits per heavy atom. The van der Waals surface area contributed by atoms with Crippen molar-refractivity contribution < 1.29 is 19.1 Å². The number of carbonyl (C=O) groups is 2. The van der Waals surface area contributed by atoms with Gasteiger partial charge in [-0.05, 0) is 42.3 Å². The molecule has 2 aromatic rings. The van der Waals surface area contributed by atoms with Gasteiger partial charge in [0.05, 0.1) is 27.9 Å². The number of hydrogen-bond donors (Lipinski definition) is 1. The fourth-order valence-electron chi connectivity index (χ4n) is 1.95. The Morgan fingerprint density at radius 3 is 2.42 bits per heavy atom. The molecule has 7 heteroatoms. The van der Waals surface area contributed by atoms with E-state index in [0.717, 1.165) is 0 Å². The highest BCUT2D eigenvalue weighted by Crippen LogP contribution is 2.29. The maximum absolute atomic E-state index is 12.0. The molecular formula is C19H19Cl2NO4. The highest BCUT2D eigenvalue weighted by Gasteiger charge is 2.12. The standard InChI is InChI=1S/C19H19Cl2NO4/c1-12(2)10-25-14-8-6-13(7-9-14)19(24)26-11-17(23)22-16-5-3-4-15(20)18(16)21/h3-9,12H,10-11H2,1-2H3,(H,22,23). The lowest BCUT2D eigenvalue weighted by molar-refractivity contribution is -0.119. The summed E-state index contributed by atoms with van der Waals surface area (Å²) in [6.45, 7) is 4.25. The van der Waals surface area contributed by atoms with E-state index in [1.807, 2.05) is 13.8 Å². The molecule has 1 N–H and O–H groups in total. The van der Waals surface area contributed by atoms with Crippen LogP contribution in [0.3, 0.4) is 0 Å². The fourth-order valence-corrected chi connectivity index (χ4v) is 2.30. The summed E-state index contributed by atoms with van der Waals surface area (Å²) < 4.78 is 10.6. The zero-order chi connectivity index (χ0) is 19.1. The first kappa shape index (κ1) is 20.1. The minimum Gasteiger partial charge on any atom is -0.493 e. The van der Waals surface area contributed by atoms with E-state index in [1.54, 1.807) is 42.5 Å². The maximum Gasteiger partial charge on any atom is 0.338 e. The van der Waals surface area contributed by atoms with Crippen molar-refractivity contribution in [3.05, 3.63) is 58.1 Å². The second-order valence-electron chi connectivity index (χ2n) is 5.95. The van der Waals surface area contributed by atoms with Gasteiger partial charge in [-0.1, -0.05) is 43.1 Å². The Morgan fingerprint density at radius 2 is 1.77 bits per heavy atom. The Balaban J connectivity index is 1.85. The minimum atomic E-state index is -0.604. The molecule has 0 unspecified atom stereocenters. The van der Waals surface area contributed by atoms with Gasteiger partial charge in [-0.25, -0.2) is 4.79 Å². The number of halogens is 2. The molecule has 0 saturated heterocycles. The van der Waals surface area contributed by atoms with E-state index in [4.69, 9.17) is 32.7 Å². The zero-order valence-electron chi connectivity index (χ0n) is 14.4. The van der Waals surface area contributed by atoms with Crippen molar-refractivity contribution in [2.45, 2.75) is 13.8 Å². The van der Waals surface area contributed by atoms with Gasteiger partial charge in [0.15, 0.2) is 6.61 Å². The minimum absolute atomic E-state index is 0.228. The normalized spacial score (nSPS) is 10.5. The van der Waals surface area contributed by atoms with Gasteiger partial charge in [0.1, 0.15) is 5.75 Å². The molecule has 2 aromatic carbocycles. The van der Waals surface area contributed by atoms with Crippen LogP contribution in [0.2, 0.25) is 10.0 Å². The second-order valence-corrected chi connectivity index (χ2v) is 6.74. The molecule has 0 atom stereocenters. The van der Waals surface area contributed by atoms with E-state index in [1.165, 1.54) is 0 Å². The van der Waals surface area contributed by atoms with Crippen molar-refractivity contribution >= 4 is 40.8 Å². The highest BCUT2D eigenvalue weighted by molar-refractivity contribution is 6.44. The first-order valence-electron chi connectivity index (χ1n) is 8.00. The number of nitrogens with one attached hydrogen (secondary N) is 1. The molecule has 0 spiro atoms. The third-order valence-corrected chi connectivity index (χ3v) is 4.05. The van der Waals surface area contributed by atoms with Crippen LogP contribution < -0.4 is 10.1 Å². The quantitative estimate of drug-likeness (QED) is 0.682. The average Bonchev–Trinajstić information content (AvgIpc) is 2.62. The van der Waals surface area contributed by atoms with Crippen molar-refractivity contribution in [1.82, 2.24) is 0 Å². The monoisotopic (exact) mass is 395 g/mol. The number of carbonyl (C=O) groups excluding carboxylic acids is 2. The summed E-state index contributed by atoms with van der Waals surface area (Å²) in [5.41, 5.74) is 0.683. The first-order valence-corrected chi connectivity index (χ1v) is 8.76. The molecule has 0 radical (unpaired) electrons. The van der Waals surface area contributed by atoms with Gasteiger partial charge in [-0.15, -0.1) is 0 Å². The Bertz CT molecular complexity index is 776. The molecule has 0 aromatic heterocycles. The predicted octanol–water partition coefficient (Wildman–Crippen LogP) is 4.82. The largest absolute Gasteiger partial charge is 0.493 e. The number of benzene rings is 2. The summed E-state index contributed by atoms with van der Waals surface area (Å²) in [7, 11) is 0. The van der Waals surface area contributed by atoms with Gasteiger partial charge in [-0.3, -0.25) is 4.79 Å². The Kier molecular flexibility index (Phi) is 7.30. The third kappa shape index (κ3) is 5.93. The van der Waals surface area contributed by atoms with Gasteiger partial charge >= 0.3 is 5.97 Å². The summed E-state index contributed by atoms with van der Waals surface area (Å²) >= 11 is 11.9. The van der Waals surface area contributed by atoms with Crippen LogP contribution in [0, 0.1) is 5.92 Å². The maximum atomic E-state index is 12.0. The van der Waals surface area contributed by atoms with E-state index in [0.29, 0.717) is 34.5 Å². The van der Waals surface area contributed by atoms with Gasteiger partial charge in [0.2, 0.25) is 0 Å². The molecule has 5 nitrogen and oxygen atoms in total. The van der Waals surface area contributed by atoms with Crippen LogP contribution in [0.1, 0.15) is 24.2 Å². The van der Waals surface area contributed by atoms with Crippen molar-refractivity contribution in [2.24, 2.45) is 5.92 Å². The lowest BCUT2D eigenvalue weighted by atomic mass is 10.2. The van der Waals surface area contributed by atoms with Crippen LogP contribution >= 0.6 is 23.2 Å². The van der Waals surface area contributed by atoms with Crippen LogP contribution in [-0.2, 0) is 9.53 Å². The van der Waals surface area contributed by atoms with Crippen molar-refractivity contribution in [3.63, 3.8) is 0 Å². The average molecular weight is 396 g/mol. The van der Waals surface area contributed by atoms with E-state index in [2.05, 4.69) is 5.32 Å². The van der Waals surface area contributed by atoms with E-state index in [9.17, 15) is 9.59 Å². The highest BCUT2D eigenvalue weighted by atomic mass is 35.5. The SMILES string of the molecule is CC(C)COc1ccc(C(=O)OCC(=O)Nc2cccc(Cl)c2Cl)cc1. The van der Waals surface area contributed by atoms with Gasteiger partial charge in [0.25, 0.3) is 5.91 Å². The van der Waals surface area contributed by atoms with Gasteiger partial charge in [0, 0.05) is 0 Å². The number of amides is 1.